The molecule has 0 unspecified atom stereocenters. The van der Waals surface area contributed by atoms with Gasteiger partial charge in [0, 0.05) is 66.5 Å². The minimum atomic E-state index is 0.638. The molecule has 6 heterocycles. The Labute approximate surface area is 189 Å². The number of ether oxygens (including phenoxy) is 1. The van der Waals surface area contributed by atoms with Gasteiger partial charge in [0.15, 0.2) is 11.5 Å². The first-order chi connectivity index (χ1) is 16.3. The molecule has 0 aliphatic carbocycles. The van der Waals surface area contributed by atoms with Crippen molar-refractivity contribution in [1.29, 1.82) is 0 Å². The Morgan fingerprint density at radius 3 is 2.85 bits per heavy atom. The van der Waals surface area contributed by atoms with Gasteiger partial charge >= 0.3 is 0 Å². The van der Waals surface area contributed by atoms with Crippen LogP contribution in [-0.2, 0) is 4.74 Å². The highest BCUT2D eigenvalue weighted by molar-refractivity contribution is 5.97. The minimum absolute atomic E-state index is 0.638. The molecule has 10 nitrogen and oxygen atoms in total. The number of rotatable bonds is 5. The maximum atomic E-state index is 5.54. The van der Waals surface area contributed by atoms with Crippen molar-refractivity contribution in [2.45, 2.75) is 0 Å². The number of fused-ring (bicyclic) bond motifs is 2. The van der Waals surface area contributed by atoms with Gasteiger partial charge in [0.2, 0.25) is 0 Å². The molecular weight excluding hydrogens is 418 g/mol. The van der Waals surface area contributed by atoms with Gasteiger partial charge in [0.05, 0.1) is 25.1 Å². The fourth-order valence-corrected chi connectivity index (χ4v) is 3.95. The number of H-pyrrole nitrogens is 1. The average molecular weight is 439 g/mol. The van der Waals surface area contributed by atoms with Crippen LogP contribution in [0.3, 0.4) is 0 Å². The number of hydrogen-bond donors (Lipinski definition) is 2. The zero-order chi connectivity index (χ0) is 22.0. The first-order valence-corrected chi connectivity index (χ1v) is 10.7. The normalized spacial score (nSPS) is 14.5. The van der Waals surface area contributed by atoms with Crippen molar-refractivity contribution in [2.75, 3.05) is 36.6 Å². The first kappa shape index (κ1) is 19.4. The van der Waals surface area contributed by atoms with E-state index in [4.69, 9.17) is 14.8 Å². The summed E-state index contributed by atoms with van der Waals surface area (Å²) in [6.45, 7) is 2.93. The van der Waals surface area contributed by atoms with Gasteiger partial charge in [0.1, 0.15) is 11.5 Å². The molecule has 0 saturated carbocycles. The molecule has 164 valence electrons. The molecule has 5 aromatic rings. The second-order valence-electron chi connectivity index (χ2n) is 7.65. The van der Waals surface area contributed by atoms with Crippen LogP contribution in [0.1, 0.15) is 5.56 Å². The van der Waals surface area contributed by atoms with Crippen LogP contribution >= 0.6 is 0 Å². The molecule has 0 radical (unpaired) electrons. The molecule has 1 aliphatic heterocycles. The fourth-order valence-electron chi connectivity index (χ4n) is 3.95. The van der Waals surface area contributed by atoms with Gasteiger partial charge in [-0.3, -0.25) is 10.4 Å². The van der Waals surface area contributed by atoms with E-state index in [0.29, 0.717) is 19.0 Å². The van der Waals surface area contributed by atoms with Crippen LogP contribution in [0.2, 0.25) is 0 Å². The number of aromatic nitrogens is 6. The Balaban J connectivity index is 1.36. The average Bonchev–Trinajstić information content (AvgIpc) is 3.49. The number of hydrazone groups is 1. The molecule has 10 heteroatoms. The number of anilines is 2. The maximum absolute atomic E-state index is 5.54. The molecule has 2 N–H and O–H groups in total. The standard InChI is InChI=1S/C23H21N9O/c1-2-18-17(14-26-23(18)25-5-1)15-27-29-20-13-22(31-8-10-33-11-9-31)32-21(28-20)12-19(30-32)16-3-6-24-7-4-16/h1-7,12-15H,8-11H2,(H,25,26)(H,28,29). The quantitative estimate of drug-likeness (QED) is 0.320. The summed E-state index contributed by atoms with van der Waals surface area (Å²) in [5.41, 5.74) is 7.43. The lowest BCUT2D eigenvalue weighted by Gasteiger charge is -2.29. The van der Waals surface area contributed by atoms with E-state index in [0.717, 1.165) is 52.4 Å². The molecule has 33 heavy (non-hydrogen) atoms. The molecule has 5 aromatic heterocycles. The second kappa shape index (κ2) is 8.32. The number of morpholine rings is 1. The Morgan fingerprint density at radius 1 is 1.09 bits per heavy atom. The van der Waals surface area contributed by atoms with Crippen molar-refractivity contribution in [2.24, 2.45) is 5.10 Å². The predicted octanol–water partition coefficient (Wildman–Crippen LogP) is 2.95. The first-order valence-electron chi connectivity index (χ1n) is 10.7. The summed E-state index contributed by atoms with van der Waals surface area (Å²) in [7, 11) is 0. The Morgan fingerprint density at radius 2 is 1.97 bits per heavy atom. The van der Waals surface area contributed by atoms with Crippen LogP contribution in [0.4, 0.5) is 11.6 Å². The Hall–Kier alpha value is -4.31. The molecular formula is C23H21N9O. The van der Waals surface area contributed by atoms with E-state index in [9.17, 15) is 0 Å². The zero-order valence-electron chi connectivity index (χ0n) is 17.7. The van der Waals surface area contributed by atoms with E-state index in [1.807, 2.05) is 47.1 Å². The molecule has 1 fully saturated rings. The summed E-state index contributed by atoms with van der Waals surface area (Å²) in [5.74, 6) is 1.58. The second-order valence-corrected chi connectivity index (χ2v) is 7.65. The lowest BCUT2D eigenvalue weighted by Crippen LogP contribution is -2.37. The summed E-state index contributed by atoms with van der Waals surface area (Å²) >= 11 is 0. The van der Waals surface area contributed by atoms with Crippen molar-refractivity contribution in [3.8, 4) is 11.3 Å². The van der Waals surface area contributed by atoms with Gasteiger partial charge in [-0.2, -0.15) is 14.7 Å². The summed E-state index contributed by atoms with van der Waals surface area (Å²) < 4.78 is 7.41. The largest absolute Gasteiger partial charge is 0.378 e. The summed E-state index contributed by atoms with van der Waals surface area (Å²) in [6, 6.07) is 11.7. The number of nitrogens with one attached hydrogen (secondary N) is 2. The molecule has 0 atom stereocenters. The van der Waals surface area contributed by atoms with E-state index in [-0.39, 0.29) is 0 Å². The van der Waals surface area contributed by atoms with Crippen molar-refractivity contribution in [3.05, 3.63) is 66.7 Å². The van der Waals surface area contributed by atoms with E-state index < -0.39 is 0 Å². The van der Waals surface area contributed by atoms with Crippen LogP contribution in [-0.4, -0.2) is 62.1 Å². The third-order valence-electron chi connectivity index (χ3n) is 5.59. The third-order valence-corrected chi connectivity index (χ3v) is 5.59. The lowest BCUT2D eigenvalue weighted by molar-refractivity contribution is 0.122. The van der Waals surface area contributed by atoms with Gasteiger partial charge in [0.25, 0.3) is 0 Å². The van der Waals surface area contributed by atoms with Gasteiger partial charge in [-0.15, -0.1) is 0 Å². The van der Waals surface area contributed by atoms with Crippen LogP contribution in [0.5, 0.6) is 0 Å². The van der Waals surface area contributed by atoms with Gasteiger partial charge in [-0.25, -0.2) is 9.97 Å². The minimum Gasteiger partial charge on any atom is -0.378 e. The van der Waals surface area contributed by atoms with Gasteiger partial charge in [-0.1, -0.05) is 0 Å². The van der Waals surface area contributed by atoms with Crippen LogP contribution in [0.25, 0.3) is 27.9 Å². The summed E-state index contributed by atoms with van der Waals surface area (Å²) in [4.78, 5) is 18.6. The van der Waals surface area contributed by atoms with Crippen LogP contribution < -0.4 is 10.3 Å². The Bertz CT molecular complexity index is 1430. The Kier molecular flexibility index (Phi) is 4.89. The molecule has 1 saturated heterocycles. The van der Waals surface area contributed by atoms with E-state index in [1.165, 1.54) is 0 Å². The van der Waals surface area contributed by atoms with Crippen molar-refractivity contribution < 1.29 is 4.74 Å². The highest BCUT2D eigenvalue weighted by Crippen LogP contribution is 2.25. The van der Waals surface area contributed by atoms with Crippen molar-refractivity contribution >= 4 is 34.5 Å². The monoisotopic (exact) mass is 439 g/mol. The molecule has 0 spiro atoms. The summed E-state index contributed by atoms with van der Waals surface area (Å²) in [6.07, 6.45) is 8.93. The number of aromatic amines is 1. The number of nitrogens with zero attached hydrogens (tertiary/aromatic N) is 7. The van der Waals surface area contributed by atoms with Crippen molar-refractivity contribution in [1.82, 2.24) is 29.5 Å². The number of hydrogen-bond acceptors (Lipinski definition) is 8. The molecule has 0 amide bonds. The topological polar surface area (TPSA) is 109 Å². The molecule has 6 rings (SSSR count). The lowest BCUT2D eigenvalue weighted by atomic mass is 10.2. The SMILES string of the molecule is C(=NNc1cc(N2CCOCC2)n2nc(-c3ccncc3)cc2n1)c1c[nH]c2ncccc12. The molecule has 0 aromatic carbocycles. The smallest absolute Gasteiger partial charge is 0.160 e. The maximum Gasteiger partial charge on any atom is 0.160 e. The van der Waals surface area contributed by atoms with Gasteiger partial charge in [-0.05, 0) is 24.3 Å². The predicted molar refractivity (Wildman–Crippen MR) is 127 cm³/mol. The fraction of sp³-hybridized carbons (Fsp3) is 0.174. The van der Waals surface area contributed by atoms with Crippen LogP contribution in [0, 0.1) is 0 Å². The molecule has 0 bridgehead atoms. The van der Waals surface area contributed by atoms with E-state index in [1.54, 1.807) is 24.8 Å². The summed E-state index contributed by atoms with van der Waals surface area (Å²) in [5, 5.41) is 10.3. The van der Waals surface area contributed by atoms with E-state index in [2.05, 4.69) is 30.4 Å². The highest BCUT2D eigenvalue weighted by atomic mass is 16.5. The third kappa shape index (κ3) is 3.76. The number of pyridine rings is 2. The van der Waals surface area contributed by atoms with E-state index >= 15 is 0 Å². The highest BCUT2D eigenvalue weighted by Gasteiger charge is 2.18. The zero-order valence-corrected chi connectivity index (χ0v) is 17.7. The van der Waals surface area contributed by atoms with Crippen molar-refractivity contribution in [3.63, 3.8) is 0 Å². The van der Waals surface area contributed by atoms with Crippen LogP contribution in [0.15, 0.2) is 66.3 Å². The molecule has 1 aliphatic rings. The van der Waals surface area contributed by atoms with Gasteiger partial charge < -0.3 is 14.6 Å².